The molecule has 0 aliphatic rings. The van der Waals surface area contributed by atoms with Crippen molar-refractivity contribution in [2.24, 2.45) is 0 Å². The summed E-state index contributed by atoms with van der Waals surface area (Å²) in [6.45, 7) is -0.589. The Hall–Kier alpha value is -2.14. The average Bonchev–Trinajstić information content (AvgIpc) is 2.22. The lowest BCUT2D eigenvalue weighted by Crippen LogP contribution is -2.07. The number of esters is 1. The highest BCUT2D eigenvalue weighted by atomic mass is 19.2. The minimum absolute atomic E-state index is 0.321. The summed E-state index contributed by atoms with van der Waals surface area (Å²) in [6.07, 6.45) is 0.442. The first-order valence-electron chi connectivity index (χ1n) is 4.02. The molecule has 0 atom stereocenters. The zero-order chi connectivity index (χ0) is 12.1. The van der Waals surface area contributed by atoms with E-state index in [1.165, 1.54) is 0 Å². The molecule has 0 heterocycles. The molecule has 7 heteroatoms. The minimum Gasteiger partial charge on any atom is -0.452 e. The second-order valence-electron chi connectivity index (χ2n) is 2.71. The Kier molecular flexibility index (Phi) is 3.79. The van der Waals surface area contributed by atoms with Gasteiger partial charge in [-0.2, -0.15) is 4.79 Å². The fourth-order valence-electron chi connectivity index (χ4n) is 0.908. The molecule has 0 radical (unpaired) electrons. The molecule has 16 heavy (non-hydrogen) atoms. The number of carbonyl (C=O) groups excluding carboxylic acids is 1. The van der Waals surface area contributed by atoms with Crippen LogP contribution in [0.2, 0.25) is 0 Å². The van der Waals surface area contributed by atoms with Crippen LogP contribution in [0.15, 0.2) is 12.1 Å². The van der Waals surface area contributed by atoms with Crippen LogP contribution < -0.4 is 0 Å². The number of benzene rings is 1. The summed E-state index contributed by atoms with van der Waals surface area (Å²) in [5, 5.41) is 0. The van der Waals surface area contributed by atoms with Gasteiger partial charge in [-0.3, -0.25) is 0 Å². The molecule has 0 amide bonds. The number of carbonyl (C=O) groups is 1. The molecule has 0 saturated heterocycles. The predicted molar refractivity (Wildman–Crippen MR) is 45.8 cm³/mol. The fourth-order valence-corrected chi connectivity index (χ4v) is 0.908. The summed E-state index contributed by atoms with van der Waals surface area (Å²) in [4.78, 5) is 13.0. The van der Waals surface area contributed by atoms with Crippen LogP contribution in [0.4, 0.5) is 13.2 Å². The van der Waals surface area contributed by atoms with Crippen molar-refractivity contribution in [3.05, 3.63) is 40.7 Å². The molecule has 0 saturated carbocycles. The van der Waals surface area contributed by atoms with Crippen LogP contribution in [0.1, 0.15) is 5.56 Å². The van der Waals surface area contributed by atoms with E-state index in [-0.39, 0.29) is 5.56 Å². The van der Waals surface area contributed by atoms with E-state index in [4.69, 9.17) is 5.53 Å². The maximum atomic E-state index is 13.0. The molecule has 0 unspecified atom stereocenters. The largest absolute Gasteiger partial charge is 0.452 e. The highest BCUT2D eigenvalue weighted by molar-refractivity contribution is 6.20. The van der Waals surface area contributed by atoms with E-state index in [2.05, 4.69) is 9.53 Å². The molecule has 4 nitrogen and oxygen atoms in total. The van der Waals surface area contributed by atoms with Crippen molar-refractivity contribution in [2.45, 2.75) is 6.61 Å². The van der Waals surface area contributed by atoms with Gasteiger partial charge in [0.2, 0.25) is 0 Å². The van der Waals surface area contributed by atoms with Crippen molar-refractivity contribution in [3.63, 3.8) is 0 Å². The van der Waals surface area contributed by atoms with Crippen LogP contribution in [0, 0.1) is 17.5 Å². The summed E-state index contributed by atoms with van der Waals surface area (Å²) >= 11 is 0. The standard InChI is InChI=1S/C9H5F3N2O2/c10-6-2-8(12)7(11)1-5(6)4-16-9(15)3-14-13/h1-3H,4H2. The van der Waals surface area contributed by atoms with Crippen LogP contribution in [0.5, 0.6) is 0 Å². The van der Waals surface area contributed by atoms with E-state index in [1.807, 2.05) is 0 Å². The molecule has 0 aromatic heterocycles. The Labute approximate surface area is 87.9 Å². The third kappa shape index (κ3) is 2.93. The fraction of sp³-hybridized carbons (Fsp3) is 0.111. The summed E-state index contributed by atoms with van der Waals surface area (Å²) in [5.74, 6) is -4.65. The zero-order valence-corrected chi connectivity index (χ0v) is 7.78. The van der Waals surface area contributed by atoms with Crippen molar-refractivity contribution in [1.82, 2.24) is 0 Å². The Bertz CT molecular complexity index is 470. The first-order chi connectivity index (χ1) is 7.54. The molecule has 0 fully saturated rings. The van der Waals surface area contributed by atoms with Gasteiger partial charge in [0.25, 0.3) is 0 Å². The molecule has 1 rings (SSSR count). The third-order valence-corrected chi connectivity index (χ3v) is 1.62. The lowest BCUT2D eigenvalue weighted by molar-refractivity contribution is -0.140. The summed E-state index contributed by atoms with van der Waals surface area (Å²) in [5.41, 5.74) is 7.63. The molecule has 1 aromatic rings. The van der Waals surface area contributed by atoms with Gasteiger partial charge in [0.05, 0.1) is 0 Å². The molecule has 0 aliphatic heterocycles. The topological polar surface area (TPSA) is 62.7 Å². The monoisotopic (exact) mass is 230 g/mol. The van der Waals surface area contributed by atoms with Crippen molar-refractivity contribution in [3.8, 4) is 0 Å². The van der Waals surface area contributed by atoms with E-state index in [0.717, 1.165) is 0 Å². The molecule has 0 aliphatic carbocycles. The van der Waals surface area contributed by atoms with Crippen molar-refractivity contribution in [2.75, 3.05) is 0 Å². The normalized spacial score (nSPS) is 9.44. The van der Waals surface area contributed by atoms with E-state index >= 15 is 0 Å². The van der Waals surface area contributed by atoms with E-state index < -0.39 is 30.0 Å². The van der Waals surface area contributed by atoms with Gasteiger partial charge in [0.1, 0.15) is 12.4 Å². The Morgan fingerprint density at radius 1 is 1.31 bits per heavy atom. The molecule has 1 aromatic carbocycles. The quantitative estimate of drug-likeness (QED) is 0.259. The van der Waals surface area contributed by atoms with Crippen LogP contribution in [0.3, 0.4) is 0 Å². The Morgan fingerprint density at radius 2 is 1.94 bits per heavy atom. The smallest absolute Gasteiger partial charge is 0.413 e. The maximum absolute atomic E-state index is 13.0. The highest BCUT2D eigenvalue weighted by Crippen LogP contribution is 2.14. The van der Waals surface area contributed by atoms with Gasteiger partial charge >= 0.3 is 12.2 Å². The Morgan fingerprint density at radius 3 is 2.56 bits per heavy atom. The second-order valence-corrected chi connectivity index (χ2v) is 2.71. The number of hydrogen-bond donors (Lipinski definition) is 0. The van der Waals surface area contributed by atoms with Crippen molar-refractivity contribution >= 4 is 12.2 Å². The first-order valence-corrected chi connectivity index (χ1v) is 4.02. The molecular weight excluding hydrogens is 225 g/mol. The highest BCUT2D eigenvalue weighted by Gasteiger charge is 2.12. The minimum atomic E-state index is -1.33. The van der Waals surface area contributed by atoms with Crippen LogP contribution in [-0.4, -0.2) is 17.0 Å². The predicted octanol–water partition coefficient (Wildman–Crippen LogP) is 1.45. The van der Waals surface area contributed by atoms with E-state index in [0.29, 0.717) is 18.3 Å². The van der Waals surface area contributed by atoms with Gasteiger partial charge in [0.15, 0.2) is 11.6 Å². The molecule has 84 valence electrons. The van der Waals surface area contributed by atoms with Crippen molar-refractivity contribution in [1.29, 1.82) is 0 Å². The SMILES string of the molecule is [N-]=[N+]=CC(=O)OCc1cc(F)c(F)cc1F. The summed E-state index contributed by atoms with van der Waals surface area (Å²) < 4.78 is 42.5. The van der Waals surface area contributed by atoms with Crippen LogP contribution >= 0.6 is 0 Å². The van der Waals surface area contributed by atoms with Gasteiger partial charge in [-0.25, -0.2) is 18.0 Å². The number of halogens is 3. The molecular formula is C9H5F3N2O2. The lowest BCUT2D eigenvalue weighted by atomic mass is 10.2. The lowest BCUT2D eigenvalue weighted by Gasteiger charge is -2.03. The second kappa shape index (κ2) is 5.09. The summed E-state index contributed by atoms with van der Waals surface area (Å²) in [6, 6.07) is 0.923. The average molecular weight is 230 g/mol. The first kappa shape index (κ1) is 11.9. The van der Waals surface area contributed by atoms with Crippen LogP contribution in [0.25, 0.3) is 5.53 Å². The maximum Gasteiger partial charge on any atom is 0.413 e. The van der Waals surface area contributed by atoms with E-state index in [1.54, 1.807) is 0 Å². The molecule has 0 bridgehead atoms. The molecule has 0 N–H and O–H groups in total. The van der Waals surface area contributed by atoms with Gasteiger partial charge in [0, 0.05) is 11.6 Å². The van der Waals surface area contributed by atoms with E-state index in [9.17, 15) is 18.0 Å². The van der Waals surface area contributed by atoms with Crippen LogP contribution in [-0.2, 0) is 16.1 Å². The molecule has 0 spiro atoms. The number of rotatable bonds is 3. The number of nitrogens with zero attached hydrogens (tertiary/aromatic N) is 2. The number of ether oxygens (including phenoxy) is 1. The van der Waals surface area contributed by atoms with Crippen molar-refractivity contribution < 1.29 is 27.5 Å². The summed E-state index contributed by atoms with van der Waals surface area (Å²) in [7, 11) is 0. The third-order valence-electron chi connectivity index (χ3n) is 1.62. The van der Waals surface area contributed by atoms with Gasteiger partial charge < -0.3 is 10.3 Å². The van der Waals surface area contributed by atoms with Gasteiger partial charge in [-0.05, 0) is 6.07 Å². The zero-order valence-electron chi connectivity index (χ0n) is 7.78. The van der Waals surface area contributed by atoms with Gasteiger partial charge in [-0.15, -0.1) is 0 Å². The number of hydrogen-bond acceptors (Lipinski definition) is 2. The van der Waals surface area contributed by atoms with Gasteiger partial charge in [-0.1, -0.05) is 0 Å². The Balaban J connectivity index is 2.78.